The Balaban J connectivity index is 2.06. The van der Waals surface area contributed by atoms with E-state index < -0.39 is 0 Å². The number of nitrogens with zero attached hydrogens (tertiary/aromatic N) is 2. The Kier molecular flexibility index (Phi) is 6.23. The fraction of sp³-hybridized carbons (Fsp3) is 0.750. The third-order valence-electron chi connectivity index (χ3n) is 3.81. The highest BCUT2D eigenvalue weighted by Gasteiger charge is 2.21. The van der Waals surface area contributed by atoms with E-state index in [-0.39, 0.29) is 0 Å². The lowest BCUT2D eigenvalue weighted by atomic mass is 10.1. The molecule has 1 aliphatic rings. The van der Waals surface area contributed by atoms with Gasteiger partial charge in [-0.2, -0.15) is 0 Å². The van der Waals surface area contributed by atoms with Crippen LogP contribution in [0.4, 0.5) is 11.6 Å². The maximum absolute atomic E-state index is 5.44. The zero-order valence-electron chi connectivity index (χ0n) is 13.5. The van der Waals surface area contributed by atoms with Crippen molar-refractivity contribution in [1.82, 2.24) is 9.97 Å². The second-order valence-corrected chi connectivity index (χ2v) is 5.88. The molecule has 1 fully saturated rings. The Labute approximate surface area is 127 Å². The van der Waals surface area contributed by atoms with Crippen molar-refractivity contribution in [3.05, 3.63) is 11.9 Å². The number of nitrogens with one attached hydrogen (secondary N) is 2. The summed E-state index contributed by atoms with van der Waals surface area (Å²) >= 11 is 0. The van der Waals surface area contributed by atoms with Crippen LogP contribution in [0.5, 0.6) is 0 Å². The third-order valence-corrected chi connectivity index (χ3v) is 3.81. The van der Waals surface area contributed by atoms with E-state index in [0.29, 0.717) is 19.3 Å². The number of ether oxygens (including phenoxy) is 1. The number of anilines is 2. The van der Waals surface area contributed by atoms with Crippen molar-refractivity contribution < 1.29 is 4.74 Å². The molecule has 2 N–H and O–H groups in total. The van der Waals surface area contributed by atoms with Gasteiger partial charge in [-0.25, -0.2) is 9.97 Å². The van der Waals surface area contributed by atoms with Crippen LogP contribution in [0.15, 0.2) is 6.07 Å². The average Bonchev–Trinajstić information content (AvgIpc) is 2.88. The minimum Gasteiger partial charge on any atom is -0.374 e. The van der Waals surface area contributed by atoms with Crippen LogP contribution in [-0.2, 0) is 11.3 Å². The van der Waals surface area contributed by atoms with Crippen molar-refractivity contribution in [2.45, 2.75) is 59.1 Å². The van der Waals surface area contributed by atoms with Gasteiger partial charge >= 0.3 is 0 Å². The first-order valence-corrected chi connectivity index (χ1v) is 8.17. The fourth-order valence-electron chi connectivity index (χ4n) is 2.72. The number of rotatable bonds is 8. The van der Waals surface area contributed by atoms with Gasteiger partial charge in [0.1, 0.15) is 18.2 Å². The summed E-state index contributed by atoms with van der Waals surface area (Å²) in [4.78, 5) is 9.09. The first-order chi connectivity index (χ1) is 10.2. The van der Waals surface area contributed by atoms with E-state index in [1.807, 2.05) is 13.0 Å². The molecule has 0 aromatic carbocycles. The SMILES string of the molecule is CCCNc1cc(NC2CCC(C)C2)nc(COCC)n1. The molecule has 0 amide bonds. The molecule has 1 aromatic rings. The summed E-state index contributed by atoms with van der Waals surface area (Å²) in [7, 11) is 0. The van der Waals surface area contributed by atoms with Gasteiger partial charge in [-0.3, -0.25) is 0 Å². The van der Waals surface area contributed by atoms with Gasteiger partial charge in [-0.15, -0.1) is 0 Å². The summed E-state index contributed by atoms with van der Waals surface area (Å²) in [6.07, 6.45) is 4.83. The van der Waals surface area contributed by atoms with Crippen LogP contribution in [-0.4, -0.2) is 29.2 Å². The second-order valence-electron chi connectivity index (χ2n) is 5.88. The molecule has 2 rings (SSSR count). The van der Waals surface area contributed by atoms with Gasteiger partial charge in [0.15, 0.2) is 5.82 Å². The lowest BCUT2D eigenvalue weighted by molar-refractivity contribution is 0.128. The monoisotopic (exact) mass is 292 g/mol. The summed E-state index contributed by atoms with van der Waals surface area (Å²) in [5, 5.41) is 6.90. The Hall–Kier alpha value is -1.36. The highest BCUT2D eigenvalue weighted by Crippen LogP contribution is 2.27. The van der Waals surface area contributed by atoms with Gasteiger partial charge in [-0.05, 0) is 38.5 Å². The normalized spacial score (nSPS) is 21.5. The molecule has 0 saturated heterocycles. The van der Waals surface area contributed by atoms with Crippen LogP contribution in [0.25, 0.3) is 0 Å². The number of aromatic nitrogens is 2. The van der Waals surface area contributed by atoms with E-state index in [1.165, 1.54) is 19.3 Å². The van der Waals surface area contributed by atoms with Crippen LogP contribution in [0, 0.1) is 5.92 Å². The van der Waals surface area contributed by atoms with Crippen molar-refractivity contribution in [1.29, 1.82) is 0 Å². The first-order valence-electron chi connectivity index (χ1n) is 8.17. The van der Waals surface area contributed by atoms with E-state index in [4.69, 9.17) is 4.74 Å². The second kappa shape index (κ2) is 8.17. The zero-order chi connectivity index (χ0) is 15.1. The van der Waals surface area contributed by atoms with Gasteiger partial charge in [0.25, 0.3) is 0 Å². The molecule has 21 heavy (non-hydrogen) atoms. The molecule has 1 heterocycles. The summed E-state index contributed by atoms with van der Waals surface area (Å²) < 4.78 is 5.44. The molecule has 118 valence electrons. The lowest BCUT2D eigenvalue weighted by Gasteiger charge is -2.15. The van der Waals surface area contributed by atoms with Crippen LogP contribution < -0.4 is 10.6 Å². The molecule has 0 radical (unpaired) electrons. The Morgan fingerprint density at radius 1 is 1.24 bits per heavy atom. The van der Waals surface area contributed by atoms with Crippen LogP contribution >= 0.6 is 0 Å². The molecule has 0 aliphatic heterocycles. The predicted molar refractivity (Wildman–Crippen MR) is 86.6 cm³/mol. The molecule has 1 aliphatic carbocycles. The molecule has 1 aromatic heterocycles. The van der Waals surface area contributed by atoms with E-state index in [9.17, 15) is 0 Å². The quantitative estimate of drug-likeness (QED) is 0.768. The maximum Gasteiger partial charge on any atom is 0.158 e. The third kappa shape index (κ3) is 5.16. The van der Waals surface area contributed by atoms with E-state index >= 15 is 0 Å². The van der Waals surface area contributed by atoms with E-state index in [2.05, 4.69) is 34.4 Å². The average molecular weight is 292 g/mol. The largest absolute Gasteiger partial charge is 0.374 e. The van der Waals surface area contributed by atoms with Gasteiger partial charge in [-0.1, -0.05) is 13.8 Å². The minimum atomic E-state index is 0.466. The van der Waals surface area contributed by atoms with Gasteiger partial charge in [0.05, 0.1) is 0 Å². The summed E-state index contributed by atoms with van der Waals surface area (Å²) in [6, 6.07) is 2.54. The number of hydrogen-bond acceptors (Lipinski definition) is 5. The van der Waals surface area contributed by atoms with Crippen molar-refractivity contribution in [2.75, 3.05) is 23.8 Å². The lowest BCUT2D eigenvalue weighted by Crippen LogP contribution is -2.18. The molecule has 5 nitrogen and oxygen atoms in total. The summed E-state index contributed by atoms with van der Waals surface area (Å²) in [6.45, 7) is 8.51. The van der Waals surface area contributed by atoms with Crippen LogP contribution in [0.2, 0.25) is 0 Å². The summed E-state index contributed by atoms with van der Waals surface area (Å²) in [5.41, 5.74) is 0. The Bertz CT molecular complexity index is 412. The first kappa shape index (κ1) is 16.0. The van der Waals surface area contributed by atoms with Crippen LogP contribution in [0.1, 0.15) is 52.3 Å². The molecular formula is C16H28N4O. The van der Waals surface area contributed by atoms with Gasteiger partial charge in [0, 0.05) is 25.3 Å². The minimum absolute atomic E-state index is 0.466. The van der Waals surface area contributed by atoms with E-state index in [0.717, 1.165) is 36.3 Å². The van der Waals surface area contributed by atoms with Crippen molar-refractivity contribution >= 4 is 11.6 Å². The number of hydrogen-bond donors (Lipinski definition) is 2. The molecule has 1 saturated carbocycles. The van der Waals surface area contributed by atoms with Crippen LogP contribution in [0.3, 0.4) is 0 Å². The van der Waals surface area contributed by atoms with Gasteiger partial charge < -0.3 is 15.4 Å². The Morgan fingerprint density at radius 2 is 2.05 bits per heavy atom. The Morgan fingerprint density at radius 3 is 2.71 bits per heavy atom. The van der Waals surface area contributed by atoms with Gasteiger partial charge in [0.2, 0.25) is 0 Å². The highest BCUT2D eigenvalue weighted by atomic mass is 16.5. The highest BCUT2D eigenvalue weighted by molar-refractivity contribution is 5.48. The molecule has 0 spiro atoms. The molecule has 0 bridgehead atoms. The molecule has 5 heteroatoms. The van der Waals surface area contributed by atoms with Crippen molar-refractivity contribution in [2.24, 2.45) is 5.92 Å². The standard InChI is InChI=1S/C16H28N4O/c1-4-8-17-14-10-15(18-13-7-6-12(3)9-13)20-16(19-14)11-21-5-2/h10,12-13H,4-9,11H2,1-3H3,(H2,17,18,19,20). The molecular weight excluding hydrogens is 264 g/mol. The van der Waals surface area contributed by atoms with E-state index in [1.54, 1.807) is 0 Å². The summed E-state index contributed by atoms with van der Waals surface area (Å²) in [5.74, 6) is 3.35. The maximum atomic E-state index is 5.44. The molecule has 2 unspecified atom stereocenters. The zero-order valence-corrected chi connectivity index (χ0v) is 13.5. The molecule has 2 atom stereocenters. The topological polar surface area (TPSA) is 59.1 Å². The predicted octanol–water partition coefficient (Wildman–Crippen LogP) is 3.44. The fourth-order valence-corrected chi connectivity index (χ4v) is 2.72. The smallest absolute Gasteiger partial charge is 0.158 e. The van der Waals surface area contributed by atoms with Crippen molar-refractivity contribution in [3.8, 4) is 0 Å². The van der Waals surface area contributed by atoms with Crippen molar-refractivity contribution in [3.63, 3.8) is 0 Å².